The van der Waals surface area contributed by atoms with Gasteiger partial charge in [0.1, 0.15) is 0 Å². The van der Waals surface area contributed by atoms with Crippen LogP contribution in [0.25, 0.3) is 0 Å². The van der Waals surface area contributed by atoms with Crippen LogP contribution >= 0.6 is 23.2 Å². The Balaban J connectivity index is 1.60. The van der Waals surface area contributed by atoms with Crippen LogP contribution < -0.4 is 5.32 Å². The van der Waals surface area contributed by atoms with E-state index >= 15 is 0 Å². The molecule has 2 heterocycles. The van der Waals surface area contributed by atoms with E-state index in [0.29, 0.717) is 22.1 Å². The van der Waals surface area contributed by atoms with Crippen molar-refractivity contribution in [3.8, 4) is 0 Å². The van der Waals surface area contributed by atoms with Gasteiger partial charge in [0, 0.05) is 38.3 Å². The van der Waals surface area contributed by atoms with E-state index in [2.05, 4.69) is 17.1 Å². The van der Waals surface area contributed by atoms with Gasteiger partial charge in [0.2, 0.25) is 0 Å². The van der Waals surface area contributed by atoms with Crippen LogP contribution in [-0.2, 0) is 0 Å². The molecule has 120 valence electrons. The minimum Gasteiger partial charge on any atom is -0.336 e. The predicted octanol–water partition coefficient (Wildman–Crippen LogP) is 3.54. The van der Waals surface area contributed by atoms with Gasteiger partial charge in [0.15, 0.2) is 0 Å². The molecule has 2 fully saturated rings. The van der Waals surface area contributed by atoms with Gasteiger partial charge in [-0.05, 0) is 37.5 Å². The third kappa shape index (κ3) is 3.19. The van der Waals surface area contributed by atoms with E-state index in [1.165, 1.54) is 5.56 Å². The van der Waals surface area contributed by atoms with Crippen LogP contribution in [0, 0.1) is 0 Å². The molecule has 1 N–H and O–H groups in total. The summed E-state index contributed by atoms with van der Waals surface area (Å²) in [5, 5.41) is 4.08. The highest BCUT2D eigenvalue weighted by Crippen LogP contribution is 2.30. The van der Waals surface area contributed by atoms with Crippen LogP contribution in [0.3, 0.4) is 0 Å². The van der Waals surface area contributed by atoms with Crippen LogP contribution in [0.4, 0.5) is 4.79 Å². The summed E-state index contributed by atoms with van der Waals surface area (Å²) in [6, 6.07) is 6.63. The van der Waals surface area contributed by atoms with Gasteiger partial charge in [-0.15, -0.1) is 0 Å². The molecule has 0 saturated carbocycles. The van der Waals surface area contributed by atoms with Gasteiger partial charge in [0.05, 0.1) is 10.0 Å². The lowest BCUT2D eigenvalue weighted by Gasteiger charge is -2.39. The van der Waals surface area contributed by atoms with E-state index < -0.39 is 0 Å². The monoisotopic (exact) mass is 341 g/mol. The Morgan fingerprint density at radius 3 is 2.50 bits per heavy atom. The van der Waals surface area contributed by atoms with Gasteiger partial charge in [-0.25, -0.2) is 4.79 Å². The molecule has 0 aliphatic carbocycles. The molecule has 3 rings (SSSR count). The Bertz CT molecular complexity index is 558. The molecule has 0 aromatic heterocycles. The fourth-order valence-electron chi connectivity index (χ4n) is 3.40. The van der Waals surface area contributed by atoms with Gasteiger partial charge in [-0.3, -0.25) is 4.90 Å². The Hall–Kier alpha value is -0.970. The summed E-state index contributed by atoms with van der Waals surface area (Å²) >= 11 is 12.1. The standard InChI is InChI=1S/C16H21Cl2N3O/c1-11(12-2-3-14(17)15(18)10-12)20-7-4-13(5-8-20)21-9-6-19-16(21)22/h2-3,10-11,13H,4-9H2,1H3,(H,19,22). The predicted molar refractivity (Wildman–Crippen MR) is 89.6 cm³/mol. The summed E-state index contributed by atoms with van der Waals surface area (Å²) in [7, 11) is 0. The van der Waals surface area contributed by atoms with Crippen molar-refractivity contribution in [2.45, 2.75) is 31.8 Å². The van der Waals surface area contributed by atoms with Crippen LogP contribution in [0.2, 0.25) is 10.0 Å². The maximum Gasteiger partial charge on any atom is 0.317 e. The molecule has 6 heteroatoms. The lowest BCUT2D eigenvalue weighted by molar-refractivity contribution is 0.111. The van der Waals surface area contributed by atoms with Crippen LogP contribution in [0.15, 0.2) is 18.2 Å². The molecule has 2 saturated heterocycles. The quantitative estimate of drug-likeness (QED) is 0.912. The number of rotatable bonds is 3. The zero-order chi connectivity index (χ0) is 15.7. The smallest absolute Gasteiger partial charge is 0.317 e. The second kappa shape index (κ2) is 6.65. The van der Waals surface area contributed by atoms with E-state index in [4.69, 9.17) is 23.2 Å². The number of benzene rings is 1. The third-order valence-corrected chi connectivity index (χ3v) is 5.54. The maximum atomic E-state index is 11.8. The number of likely N-dealkylation sites (tertiary alicyclic amines) is 1. The van der Waals surface area contributed by atoms with Crippen molar-refractivity contribution in [2.75, 3.05) is 26.2 Å². The van der Waals surface area contributed by atoms with E-state index in [0.717, 1.165) is 39.0 Å². The van der Waals surface area contributed by atoms with Gasteiger partial charge >= 0.3 is 6.03 Å². The molecule has 1 aromatic rings. The van der Waals surface area contributed by atoms with Gasteiger partial charge in [-0.1, -0.05) is 29.3 Å². The number of nitrogens with one attached hydrogen (secondary N) is 1. The lowest BCUT2D eigenvalue weighted by atomic mass is 9.99. The number of urea groups is 1. The molecule has 1 unspecified atom stereocenters. The zero-order valence-electron chi connectivity index (χ0n) is 12.7. The van der Waals surface area contributed by atoms with Crippen molar-refractivity contribution in [3.63, 3.8) is 0 Å². The second-order valence-corrected chi connectivity index (χ2v) is 6.86. The first kappa shape index (κ1) is 15.9. The fourth-order valence-corrected chi connectivity index (χ4v) is 3.71. The second-order valence-electron chi connectivity index (χ2n) is 6.04. The SMILES string of the molecule is CC(c1ccc(Cl)c(Cl)c1)N1CCC(N2CCNC2=O)CC1. The number of hydrogen-bond donors (Lipinski definition) is 1. The number of carbonyl (C=O) groups excluding carboxylic acids is 1. The molecule has 4 nitrogen and oxygen atoms in total. The fraction of sp³-hybridized carbons (Fsp3) is 0.562. The average molecular weight is 342 g/mol. The van der Waals surface area contributed by atoms with Crippen molar-refractivity contribution < 1.29 is 4.79 Å². The zero-order valence-corrected chi connectivity index (χ0v) is 14.2. The van der Waals surface area contributed by atoms with Crippen molar-refractivity contribution >= 4 is 29.2 Å². The van der Waals surface area contributed by atoms with Crippen LogP contribution in [0.5, 0.6) is 0 Å². The lowest BCUT2D eigenvalue weighted by Crippen LogP contribution is -2.46. The van der Waals surface area contributed by atoms with Crippen LogP contribution in [0.1, 0.15) is 31.4 Å². The molecule has 2 amide bonds. The highest BCUT2D eigenvalue weighted by atomic mass is 35.5. The van der Waals surface area contributed by atoms with Crippen molar-refractivity contribution in [1.29, 1.82) is 0 Å². The summed E-state index contributed by atoms with van der Waals surface area (Å²) in [6.45, 7) is 5.80. The van der Waals surface area contributed by atoms with E-state index in [-0.39, 0.29) is 6.03 Å². The molecule has 0 spiro atoms. The third-order valence-electron chi connectivity index (χ3n) is 4.80. The Morgan fingerprint density at radius 1 is 1.18 bits per heavy atom. The summed E-state index contributed by atoms with van der Waals surface area (Å²) in [5.41, 5.74) is 1.19. The Morgan fingerprint density at radius 2 is 1.91 bits per heavy atom. The Kier molecular flexibility index (Phi) is 4.81. The molecule has 0 radical (unpaired) electrons. The number of hydrogen-bond acceptors (Lipinski definition) is 2. The maximum absolute atomic E-state index is 11.8. The topological polar surface area (TPSA) is 35.6 Å². The first-order chi connectivity index (χ1) is 10.6. The number of nitrogens with zero attached hydrogens (tertiary/aromatic N) is 2. The van der Waals surface area contributed by atoms with Gasteiger partial charge in [0.25, 0.3) is 0 Å². The minimum atomic E-state index is 0.0935. The molecule has 2 aliphatic rings. The number of amides is 2. The van der Waals surface area contributed by atoms with Crippen molar-refractivity contribution in [2.24, 2.45) is 0 Å². The normalized spacial score (nSPS) is 22.0. The molecule has 1 aromatic carbocycles. The van der Waals surface area contributed by atoms with Crippen LogP contribution in [-0.4, -0.2) is 48.1 Å². The van der Waals surface area contributed by atoms with E-state index in [1.807, 2.05) is 23.1 Å². The van der Waals surface area contributed by atoms with Gasteiger partial charge < -0.3 is 10.2 Å². The molecular weight excluding hydrogens is 321 g/mol. The molecule has 2 aliphatic heterocycles. The average Bonchev–Trinajstić information content (AvgIpc) is 2.95. The molecular formula is C16H21Cl2N3O. The summed E-state index contributed by atoms with van der Waals surface area (Å²) in [6.07, 6.45) is 2.05. The van der Waals surface area contributed by atoms with Crippen molar-refractivity contribution in [1.82, 2.24) is 15.1 Å². The highest BCUT2D eigenvalue weighted by molar-refractivity contribution is 6.42. The van der Waals surface area contributed by atoms with E-state index in [1.54, 1.807) is 0 Å². The Labute approximate surface area is 141 Å². The summed E-state index contributed by atoms with van der Waals surface area (Å²) < 4.78 is 0. The molecule has 1 atom stereocenters. The number of halogens is 2. The molecule has 22 heavy (non-hydrogen) atoms. The summed E-state index contributed by atoms with van der Waals surface area (Å²) in [4.78, 5) is 16.2. The minimum absolute atomic E-state index is 0.0935. The van der Waals surface area contributed by atoms with Crippen molar-refractivity contribution in [3.05, 3.63) is 33.8 Å². The van der Waals surface area contributed by atoms with E-state index in [9.17, 15) is 4.79 Å². The number of carbonyl (C=O) groups is 1. The first-order valence-electron chi connectivity index (χ1n) is 7.79. The number of piperidine rings is 1. The molecule has 0 bridgehead atoms. The largest absolute Gasteiger partial charge is 0.336 e. The first-order valence-corrected chi connectivity index (χ1v) is 8.55. The van der Waals surface area contributed by atoms with Gasteiger partial charge in [-0.2, -0.15) is 0 Å². The summed E-state index contributed by atoms with van der Waals surface area (Å²) in [5.74, 6) is 0. The highest BCUT2D eigenvalue weighted by Gasteiger charge is 2.31.